The highest BCUT2D eigenvalue weighted by molar-refractivity contribution is 6.49. The number of benzene rings is 1. The van der Waals surface area contributed by atoms with Gasteiger partial charge in [0.2, 0.25) is 5.91 Å². The minimum atomic E-state index is -0.495. The van der Waals surface area contributed by atoms with E-state index in [0.717, 1.165) is 12.8 Å². The highest BCUT2D eigenvalue weighted by atomic mass is 35.5. The molecule has 1 fully saturated rings. The van der Waals surface area contributed by atoms with Crippen molar-refractivity contribution >= 4 is 52.5 Å². The maximum Gasteiger partial charge on any atom is 0.302 e. The lowest BCUT2D eigenvalue weighted by atomic mass is 9.95. The molecule has 170 valence electrons. The number of anilines is 1. The van der Waals surface area contributed by atoms with E-state index < -0.39 is 5.91 Å². The number of nitrogens with one attached hydrogen (secondary N) is 1. The largest absolute Gasteiger partial charge is 0.423 e. The third-order valence-electron chi connectivity index (χ3n) is 6.00. The molecule has 1 aromatic carbocycles. The zero-order valence-electron chi connectivity index (χ0n) is 17.7. The Balaban J connectivity index is 1.43. The van der Waals surface area contributed by atoms with Crippen molar-refractivity contribution in [3.8, 4) is 0 Å². The predicted octanol–water partition coefficient (Wildman–Crippen LogP) is 2.28. The van der Waals surface area contributed by atoms with E-state index in [2.05, 4.69) is 27.0 Å². The van der Waals surface area contributed by atoms with Gasteiger partial charge in [-0.25, -0.2) is 4.99 Å². The van der Waals surface area contributed by atoms with Crippen LogP contribution < -0.4 is 11.1 Å². The van der Waals surface area contributed by atoms with E-state index in [1.165, 1.54) is 6.08 Å². The van der Waals surface area contributed by atoms with Gasteiger partial charge in [0.05, 0.1) is 17.7 Å². The Bertz CT molecular complexity index is 1250. The van der Waals surface area contributed by atoms with Crippen molar-refractivity contribution in [1.29, 1.82) is 0 Å². The number of nitrogens with two attached hydrogens (primary N) is 1. The quantitative estimate of drug-likeness (QED) is 0.663. The average Bonchev–Trinajstić information content (AvgIpc) is 3.40. The molecule has 0 bridgehead atoms. The van der Waals surface area contributed by atoms with Crippen LogP contribution >= 0.6 is 11.6 Å². The van der Waals surface area contributed by atoms with E-state index in [1.807, 2.05) is 5.01 Å². The van der Waals surface area contributed by atoms with Crippen LogP contribution in [0.5, 0.6) is 0 Å². The summed E-state index contributed by atoms with van der Waals surface area (Å²) in [6, 6.07) is 4.76. The van der Waals surface area contributed by atoms with Crippen LogP contribution in [-0.4, -0.2) is 63.8 Å². The Morgan fingerprint density at radius 2 is 2.21 bits per heavy atom. The number of carbonyl (C=O) groups is 2. The first-order chi connectivity index (χ1) is 15.9. The first-order valence-electron chi connectivity index (χ1n) is 10.6. The molecule has 1 aromatic heterocycles. The number of likely N-dealkylation sites (tertiary alicyclic amines) is 1. The second kappa shape index (κ2) is 8.36. The molecule has 5 rings (SSSR count). The third kappa shape index (κ3) is 3.86. The Hall–Kier alpha value is -3.66. The van der Waals surface area contributed by atoms with Crippen LogP contribution in [-0.2, 0) is 9.59 Å². The standard InChI is InChI=1S/C22H22ClN7O3/c1-2-17(31)29-9-3-4-13(11-29)30-15-7-8-25-20(24)18(15)19(28-30)21(32)27-22-26-14-10-12(23)5-6-16(14)33-22/h2,5-6,8,10,13,15H,1,3-4,7,9,11,24H2,(H,26,27,32)/t13-,15?/m1/s1. The van der Waals surface area contributed by atoms with Gasteiger partial charge in [-0.1, -0.05) is 18.2 Å². The van der Waals surface area contributed by atoms with Gasteiger partial charge in [-0.2, -0.15) is 10.1 Å². The summed E-state index contributed by atoms with van der Waals surface area (Å²) in [6.45, 7) is 4.75. The molecule has 0 aliphatic carbocycles. The van der Waals surface area contributed by atoms with Crippen molar-refractivity contribution in [1.82, 2.24) is 14.9 Å². The number of rotatable bonds is 4. The number of piperidine rings is 1. The summed E-state index contributed by atoms with van der Waals surface area (Å²) < 4.78 is 5.61. The van der Waals surface area contributed by atoms with Gasteiger partial charge in [-0.3, -0.25) is 19.9 Å². The number of hydrogen-bond donors (Lipinski definition) is 2. The number of amides is 2. The van der Waals surface area contributed by atoms with Crippen LogP contribution in [0.3, 0.4) is 0 Å². The van der Waals surface area contributed by atoms with Crippen LogP contribution in [0.2, 0.25) is 5.02 Å². The number of nitrogens with zero attached hydrogens (tertiary/aromatic N) is 5. The number of aliphatic imine (C=N–C) groups is 1. The Morgan fingerprint density at radius 1 is 1.36 bits per heavy atom. The van der Waals surface area contributed by atoms with Gasteiger partial charge < -0.3 is 15.1 Å². The maximum absolute atomic E-state index is 13.2. The fraction of sp³-hybridized carbons (Fsp3) is 0.318. The molecule has 0 spiro atoms. The lowest BCUT2D eigenvalue weighted by molar-refractivity contribution is -0.128. The van der Waals surface area contributed by atoms with E-state index in [1.54, 1.807) is 29.3 Å². The molecule has 1 unspecified atom stereocenters. The lowest BCUT2D eigenvalue weighted by Crippen LogP contribution is -2.50. The molecule has 3 N–H and O–H groups in total. The second-order valence-corrected chi connectivity index (χ2v) is 8.50. The highest BCUT2D eigenvalue weighted by Gasteiger charge is 2.42. The smallest absolute Gasteiger partial charge is 0.302 e. The van der Waals surface area contributed by atoms with E-state index in [9.17, 15) is 9.59 Å². The lowest BCUT2D eigenvalue weighted by Gasteiger charge is -2.39. The fourth-order valence-electron chi connectivity index (χ4n) is 4.48. The molecular formula is C22H22ClN7O3. The van der Waals surface area contributed by atoms with Crippen molar-refractivity contribution in [2.75, 3.05) is 18.4 Å². The van der Waals surface area contributed by atoms with Gasteiger partial charge in [0.25, 0.3) is 5.91 Å². The van der Waals surface area contributed by atoms with Gasteiger partial charge in [0.15, 0.2) is 11.3 Å². The number of halogens is 1. The van der Waals surface area contributed by atoms with Crippen LogP contribution in [0.25, 0.3) is 11.1 Å². The number of aromatic nitrogens is 1. The van der Waals surface area contributed by atoms with Crippen molar-refractivity contribution in [2.24, 2.45) is 15.8 Å². The molecular weight excluding hydrogens is 446 g/mol. The van der Waals surface area contributed by atoms with E-state index in [0.29, 0.717) is 41.2 Å². The molecule has 0 saturated carbocycles. The molecule has 3 aliphatic rings. The van der Waals surface area contributed by atoms with Crippen LogP contribution in [0.15, 0.2) is 56.8 Å². The number of oxazole rings is 1. The number of hydrogen-bond acceptors (Lipinski definition) is 8. The predicted molar refractivity (Wildman–Crippen MR) is 125 cm³/mol. The molecule has 2 amide bonds. The van der Waals surface area contributed by atoms with Crippen molar-refractivity contribution in [3.05, 3.63) is 47.3 Å². The molecule has 2 aromatic rings. The second-order valence-electron chi connectivity index (χ2n) is 8.06. The van der Waals surface area contributed by atoms with Crippen molar-refractivity contribution < 1.29 is 14.0 Å². The van der Waals surface area contributed by atoms with Gasteiger partial charge in [0.1, 0.15) is 11.3 Å². The zero-order chi connectivity index (χ0) is 23.1. The monoisotopic (exact) mass is 467 g/mol. The van der Waals surface area contributed by atoms with Crippen LogP contribution in [0, 0.1) is 0 Å². The van der Waals surface area contributed by atoms with Gasteiger partial charge in [-0.15, -0.1) is 0 Å². The number of carbonyl (C=O) groups excluding carboxylic acids is 2. The molecule has 33 heavy (non-hydrogen) atoms. The summed E-state index contributed by atoms with van der Waals surface area (Å²) in [7, 11) is 0. The van der Waals surface area contributed by atoms with Gasteiger partial charge in [-0.05, 0) is 37.1 Å². The molecule has 4 heterocycles. The van der Waals surface area contributed by atoms with Crippen molar-refractivity contribution in [2.45, 2.75) is 31.3 Å². The minimum Gasteiger partial charge on any atom is -0.423 e. The Kier molecular flexibility index (Phi) is 5.37. The summed E-state index contributed by atoms with van der Waals surface area (Å²) in [5, 5.41) is 9.73. The van der Waals surface area contributed by atoms with Crippen LogP contribution in [0.4, 0.5) is 6.01 Å². The first-order valence-corrected chi connectivity index (χ1v) is 11.0. The summed E-state index contributed by atoms with van der Waals surface area (Å²) in [6.07, 6.45) is 5.28. The summed E-state index contributed by atoms with van der Waals surface area (Å²) >= 11 is 6.00. The van der Waals surface area contributed by atoms with E-state index in [4.69, 9.17) is 21.8 Å². The molecule has 2 atom stereocenters. The highest BCUT2D eigenvalue weighted by Crippen LogP contribution is 2.33. The molecule has 0 radical (unpaired) electrons. The number of fused-ring (bicyclic) bond motifs is 2. The summed E-state index contributed by atoms with van der Waals surface area (Å²) in [4.78, 5) is 35.6. The summed E-state index contributed by atoms with van der Waals surface area (Å²) in [5.74, 6) is -0.357. The number of hydrazone groups is 1. The third-order valence-corrected chi connectivity index (χ3v) is 6.24. The zero-order valence-corrected chi connectivity index (χ0v) is 18.5. The minimum absolute atomic E-state index is 0.0360. The molecule has 1 saturated heterocycles. The Morgan fingerprint density at radius 3 is 3.03 bits per heavy atom. The topological polar surface area (TPSA) is 129 Å². The maximum atomic E-state index is 13.2. The van der Waals surface area contributed by atoms with E-state index in [-0.39, 0.29) is 35.5 Å². The molecule has 10 nitrogen and oxygen atoms in total. The SMILES string of the molecule is C=CC(=O)N1CCC[C@@H](N2N=C(C(=O)Nc3nc4cc(Cl)ccc4o3)C3=C(N)N=CCC32)C1. The van der Waals surface area contributed by atoms with E-state index >= 15 is 0 Å². The molecule has 11 heteroatoms. The van der Waals surface area contributed by atoms with Gasteiger partial charge in [0, 0.05) is 30.7 Å². The molecule has 3 aliphatic heterocycles. The van der Waals surface area contributed by atoms with Gasteiger partial charge >= 0.3 is 6.01 Å². The van der Waals surface area contributed by atoms with Crippen molar-refractivity contribution in [3.63, 3.8) is 0 Å². The average molecular weight is 468 g/mol. The Labute approximate surface area is 194 Å². The first kappa shape index (κ1) is 21.2. The summed E-state index contributed by atoms with van der Waals surface area (Å²) in [5.41, 5.74) is 7.94. The normalized spacial score (nSPS) is 22.4. The van der Waals surface area contributed by atoms with Crippen LogP contribution in [0.1, 0.15) is 19.3 Å². The fourth-order valence-corrected chi connectivity index (χ4v) is 4.65.